The highest BCUT2D eigenvalue weighted by atomic mass is 28.3. The highest BCUT2D eigenvalue weighted by Crippen LogP contribution is 2.34. The second kappa shape index (κ2) is 8.08. The first-order valence-corrected chi connectivity index (χ1v) is 13.6. The number of H-pyrrole nitrogens is 1. The van der Waals surface area contributed by atoms with Gasteiger partial charge < -0.3 is 4.74 Å². The molecule has 0 atom stereocenters. The molecule has 0 aromatic carbocycles. The van der Waals surface area contributed by atoms with Crippen LogP contribution < -0.4 is 0 Å². The lowest BCUT2D eigenvalue weighted by Gasteiger charge is -2.15. The van der Waals surface area contributed by atoms with Crippen molar-refractivity contribution in [1.29, 1.82) is 0 Å². The summed E-state index contributed by atoms with van der Waals surface area (Å²) in [5, 5.41) is 12.6. The average molecular weight is 425 g/mol. The van der Waals surface area contributed by atoms with E-state index in [2.05, 4.69) is 44.9 Å². The van der Waals surface area contributed by atoms with Crippen molar-refractivity contribution in [3.8, 4) is 22.5 Å². The number of ether oxygens (including phenoxy) is 1. The average Bonchev–Trinajstić information content (AvgIpc) is 3.32. The molecule has 0 bridgehead atoms. The fraction of sp³-hybridized carbons (Fsp3) is 0.333. The predicted octanol–water partition coefficient (Wildman–Crippen LogP) is 4.64. The van der Waals surface area contributed by atoms with Gasteiger partial charge in [0.1, 0.15) is 18.2 Å². The van der Waals surface area contributed by atoms with Crippen molar-refractivity contribution in [2.75, 3.05) is 6.61 Å². The number of hydrogen-bond donors (Lipinski definition) is 1. The van der Waals surface area contributed by atoms with E-state index in [1.165, 1.54) is 12.3 Å². The Hall–Kier alpha value is -2.91. The van der Waals surface area contributed by atoms with Gasteiger partial charge in [0.05, 0.1) is 18.1 Å². The third-order valence-corrected chi connectivity index (χ3v) is 6.55. The van der Waals surface area contributed by atoms with Crippen molar-refractivity contribution in [1.82, 2.24) is 29.9 Å². The molecule has 4 heterocycles. The molecule has 30 heavy (non-hydrogen) atoms. The quantitative estimate of drug-likeness (QED) is 0.345. The Kier molecular flexibility index (Phi) is 5.48. The Morgan fingerprint density at radius 2 is 2.00 bits per heavy atom. The largest absolute Gasteiger partial charge is 0.359 e. The molecule has 0 aliphatic rings. The van der Waals surface area contributed by atoms with Crippen LogP contribution in [0.15, 0.2) is 36.8 Å². The Balaban J connectivity index is 1.68. The van der Waals surface area contributed by atoms with Crippen LogP contribution in [0.2, 0.25) is 25.7 Å². The number of aromatic nitrogens is 6. The van der Waals surface area contributed by atoms with Crippen LogP contribution in [0.3, 0.4) is 0 Å². The predicted molar refractivity (Wildman–Crippen MR) is 117 cm³/mol. The summed E-state index contributed by atoms with van der Waals surface area (Å²) in [4.78, 5) is 8.85. The van der Waals surface area contributed by atoms with E-state index in [0.717, 1.165) is 40.5 Å². The molecule has 0 spiro atoms. The van der Waals surface area contributed by atoms with Crippen LogP contribution in [0.5, 0.6) is 0 Å². The van der Waals surface area contributed by atoms with E-state index in [9.17, 15) is 4.39 Å². The van der Waals surface area contributed by atoms with Crippen molar-refractivity contribution in [2.24, 2.45) is 0 Å². The molecule has 0 aliphatic carbocycles. The second-order valence-electron chi connectivity index (χ2n) is 8.55. The molecular formula is C21H25FN6OSi. The molecule has 4 aromatic heterocycles. The Labute approximate surface area is 175 Å². The molecule has 0 saturated heterocycles. The molecule has 4 aromatic rings. The minimum atomic E-state index is -1.14. The summed E-state index contributed by atoms with van der Waals surface area (Å²) in [5.74, 6) is -0.381. The van der Waals surface area contributed by atoms with Gasteiger partial charge in [0.2, 0.25) is 0 Å². The number of rotatable bonds is 7. The molecule has 0 radical (unpaired) electrons. The van der Waals surface area contributed by atoms with E-state index < -0.39 is 8.07 Å². The molecule has 0 fully saturated rings. The third-order valence-electron chi connectivity index (χ3n) is 4.85. The zero-order chi connectivity index (χ0) is 21.3. The van der Waals surface area contributed by atoms with Gasteiger partial charge in [-0.3, -0.25) is 10.1 Å². The van der Waals surface area contributed by atoms with Gasteiger partial charge in [-0.1, -0.05) is 19.6 Å². The van der Waals surface area contributed by atoms with Crippen molar-refractivity contribution in [3.63, 3.8) is 0 Å². The lowest BCUT2D eigenvalue weighted by Crippen LogP contribution is -2.22. The summed E-state index contributed by atoms with van der Waals surface area (Å²) >= 11 is 0. The molecular weight excluding hydrogens is 399 g/mol. The van der Waals surface area contributed by atoms with Crippen molar-refractivity contribution in [2.45, 2.75) is 39.3 Å². The van der Waals surface area contributed by atoms with Gasteiger partial charge in [0.15, 0.2) is 5.65 Å². The lowest BCUT2D eigenvalue weighted by molar-refractivity contribution is 0.0813. The highest BCUT2D eigenvalue weighted by molar-refractivity contribution is 6.76. The van der Waals surface area contributed by atoms with E-state index in [1.54, 1.807) is 16.9 Å². The van der Waals surface area contributed by atoms with Gasteiger partial charge in [-0.25, -0.2) is 14.1 Å². The summed E-state index contributed by atoms with van der Waals surface area (Å²) in [7, 11) is -1.14. The number of hydrogen-bond acceptors (Lipinski definition) is 5. The molecule has 4 rings (SSSR count). The topological polar surface area (TPSA) is 81.5 Å². The smallest absolute Gasteiger partial charge is 0.161 e. The van der Waals surface area contributed by atoms with Crippen molar-refractivity contribution < 1.29 is 9.13 Å². The minimum Gasteiger partial charge on any atom is -0.359 e. The molecule has 0 amide bonds. The second-order valence-corrected chi connectivity index (χ2v) is 14.2. The first kappa shape index (κ1) is 20.4. The van der Waals surface area contributed by atoms with Gasteiger partial charge in [0, 0.05) is 37.5 Å². The highest BCUT2D eigenvalue weighted by Gasteiger charge is 2.18. The fourth-order valence-corrected chi connectivity index (χ4v) is 3.98. The van der Waals surface area contributed by atoms with Crippen LogP contribution >= 0.6 is 0 Å². The SMILES string of the molecule is Cc1cc(-c2c[nH]nc2-c2ccc(F)cn2)c2cnn(COCC[Si](C)(C)C)c2n1. The van der Waals surface area contributed by atoms with E-state index in [-0.39, 0.29) is 5.82 Å². The number of pyridine rings is 2. The summed E-state index contributed by atoms with van der Waals surface area (Å²) in [6.07, 6.45) is 4.81. The monoisotopic (exact) mass is 424 g/mol. The van der Waals surface area contributed by atoms with Crippen LogP contribution in [0.4, 0.5) is 4.39 Å². The summed E-state index contributed by atoms with van der Waals surface area (Å²) in [6, 6.07) is 6.10. The van der Waals surface area contributed by atoms with Crippen LogP contribution in [-0.4, -0.2) is 44.6 Å². The molecule has 156 valence electrons. The number of aryl methyl sites for hydroxylation is 1. The van der Waals surface area contributed by atoms with Gasteiger partial charge in [0.25, 0.3) is 0 Å². The zero-order valence-corrected chi connectivity index (χ0v) is 18.6. The Morgan fingerprint density at radius 1 is 1.17 bits per heavy atom. The molecule has 0 unspecified atom stereocenters. The Morgan fingerprint density at radius 3 is 2.73 bits per heavy atom. The van der Waals surface area contributed by atoms with Crippen LogP contribution in [0, 0.1) is 12.7 Å². The molecule has 9 heteroatoms. The summed E-state index contributed by atoms with van der Waals surface area (Å²) < 4.78 is 20.9. The maximum absolute atomic E-state index is 13.3. The van der Waals surface area contributed by atoms with Gasteiger partial charge in [-0.2, -0.15) is 10.2 Å². The number of halogens is 1. The van der Waals surface area contributed by atoms with E-state index in [1.807, 2.05) is 19.2 Å². The molecule has 7 nitrogen and oxygen atoms in total. The van der Waals surface area contributed by atoms with Crippen LogP contribution in [-0.2, 0) is 11.5 Å². The number of nitrogens with zero attached hydrogens (tertiary/aromatic N) is 5. The standard InChI is InChI=1S/C21H25FN6OSi/c1-14-9-16(17-11-24-27-20(17)19-6-5-15(22)10-23-19)18-12-25-28(21(18)26-14)13-29-7-8-30(2,3)4/h5-6,9-12H,7-8,13H2,1-4H3,(H,24,27). The van der Waals surface area contributed by atoms with Crippen LogP contribution in [0.25, 0.3) is 33.5 Å². The van der Waals surface area contributed by atoms with Gasteiger partial charge in [-0.15, -0.1) is 0 Å². The maximum Gasteiger partial charge on any atom is 0.161 e. The first-order chi connectivity index (χ1) is 14.3. The van der Waals surface area contributed by atoms with Crippen molar-refractivity contribution in [3.05, 3.63) is 48.3 Å². The normalized spacial score (nSPS) is 12.0. The van der Waals surface area contributed by atoms with Crippen molar-refractivity contribution >= 4 is 19.1 Å². The molecule has 0 saturated carbocycles. The maximum atomic E-state index is 13.3. The Bertz CT molecular complexity index is 1160. The van der Waals surface area contributed by atoms with Crippen LogP contribution in [0.1, 0.15) is 5.69 Å². The van der Waals surface area contributed by atoms with Gasteiger partial charge >= 0.3 is 0 Å². The summed E-state index contributed by atoms with van der Waals surface area (Å²) in [6.45, 7) is 10.0. The number of fused-ring (bicyclic) bond motifs is 1. The number of nitrogens with one attached hydrogen (secondary N) is 1. The van der Waals surface area contributed by atoms with E-state index >= 15 is 0 Å². The lowest BCUT2D eigenvalue weighted by atomic mass is 10.0. The number of aromatic amines is 1. The third kappa shape index (κ3) is 4.31. The first-order valence-electron chi connectivity index (χ1n) is 9.89. The van der Waals surface area contributed by atoms with E-state index in [0.29, 0.717) is 18.1 Å². The summed E-state index contributed by atoms with van der Waals surface area (Å²) in [5.41, 5.74) is 4.68. The minimum absolute atomic E-state index is 0.363. The van der Waals surface area contributed by atoms with E-state index in [4.69, 9.17) is 4.74 Å². The zero-order valence-electron chi connectivity index (χ0n) is 17.6. The fourth-order valence-electron chi connectivity index (χ4n) is 3.23. The van der Waals surface area contributed by atoms with Gasteiger partial charge in [-0.05, 0) is 36.7 Å². The molecule has 0 aliphatic heterocycles. The molecule has 1 N–H and O–H groups in total.